The maximum atomic E-state index is 13.0. The van der Waals surface area contributed by atoms with E-state index in [4.69, 9.17) is 14.2 Å². The number of nitrogens with zero attached hydrogens (tertiary/aromatic N) is 2. The summed E-state index contributed by atoms with van der Waals surface area (Å²) in [6.07, 6.45) is 4.61. The molecule has 1 aliphatic carbocycles. The number of carbonyl (C=O) groups excluding carboxylic acids is 3. The molecule has 32 heavy (non-hydrogen) atoms. The van der Waals surface area contributed by atoms with E-state index in [1.54, 1.807) is 32.2 Å². The Hall–Kier alpha value is -2.77. The first-order valence-corrected chi connectivity index (χ1v) is 11.4. The van der Waals surface area contributed by atoms with Crippen LogP contribution in [0.1, 0.15) is 52.4 Å². The van der Waals surface area contributed by atoms with Crippen LogP contribution in [0.2, 0.25) is 0 Å². The zero-order valence-corrected chi connectivity index (χ0v) is 19.5. The number of amides is 2. The van der Waals surface area contributed by atoms with Gasteiger partial charge in [0.05, 0.1) is 25.8 Å². The third-order valence-corrected chi connectivity index (χ3v) is 6.42. The van der Waals surface area contributed by atoms with Crippen LogP contribution in [-0.2, 0) is 19.1 Å². The molecule has 0 N–H and O–H groups in total. The van der Waals surface area contributed by atoms with Crippen molar-refractivity contribution in [3.05, 3.63) is 18.2 Å². The SMILES string of the molecule is CCN(C(=O)C(C)OC(=O)C1CC(=O)N(c2ccc(OC)cc2OC)C1)C1CCCCC1. The Bertz CT molecular complexity index is 836. The summed E-state index contributed by atoms with van der Waals surface area (Å²) in [6, 6.07) is 5.38. The molecule has 0 aromatic heterocycles. The molecule has 0 radical (unpaired) electrons. The molecule has 176 valence electrons. The quantitative estimate of drug-likeness (QED) is 0.570. The van der Waals surface area contributed by atoms with E-state index in [0.717, 1.165) is 25.7 Å². The molecule has 1 saturated heterocycles. The highest BCUT2D eigenvalue weighted by atomic mass is 16.5. The van der Waals surface area contributed by atoms with Crippen molar-refractivity contribution in [2.45, 2.75) is 64.5 Å². The Balaban J connectivity index is 1.63. The molecular weight excluding hydrogens is 412 g/mol. The van der Waals surface area contributed by atoms with Crippen LogP contribution in [0.3, 0.4) is 0 Å². The normalized spacial score (nSPS) is 20.1. The Kier molecular flexibility index (Phi) is 7.99. The highest BCUT2D eigenvalue weighted by Gasteiger charge is 2.39. The summed E-state index contributed by atoms with van der Waals surface area (Å²) in [7, 11) is 3.07. The van der Waals surface area contributed by atoms with E-state index in [9.17, 15) is 14.4 Å². The molecule has 2 fully saturated rings. The van der Waals surface area contributed by atoms with E-state index in [-0.39, 0.29) is 30.8 Å². The number of esters is 1. The third kappa shape index (κ3) is 5.16. The molecule has 8 heteroatoms. The fourth-order valence-electron chi connectivity index (χ4n) is 4.65. The lowest BCUT2D eigenvalue weighted by atomic mass is 9.94. The van der Waals surface area contributed by atoms with Crippen LogP contribution in [0.15, 0.2) is 18.2 Å². The summed E-state index contributed by atoms with van der Waals surface area (Å²) in [5, 5.41) is 0. The largest absolute Gasteiger partial charge is 0.497 e. The van der Waals surface area contributed by atoms with Gasteiger partial charge in [0.15, 0.2) is 6.10 Å². The molecule has 1 aromatic carbocycles. The van der Waals surface area contributed by atoms with Crippen LogP contribution in [0.5, 0.6) is 11.5 Å². The van der Waals surface area contributed by atoms with Crippen LogP contribution < -0.4 is 14.4 Å². The van der Waals surface area contributed by atoms with Crippen molar-refractivity contribution in [1.29, 1.82) is 0 Å². The van der Waals surface area contributed by atoms with Crippen molar-refractivity contribution in [2.24, 2.45) is 5.92 Å². The Morgan fingerprint density at radius 3 is 2.50 bits per heavy atom. The first-order chi connectivity index (χ1) is 15.4. The molecule has 2 amide bonds. The van der Waals surface area contributed by atoms with Gasteiger partial charge in [0.25, 0.3) is 5.91 Å². The van der Waals surface area contributed by atoms with Gasteiger partial charge in [-0.1, -0.05) is 19.3 Å². The lowest BCUT2D eigenvalue weighted by Gasteiger charge is -2.35. The van der Waals surface area contributed by atoms with E-state index in [2.05, 4.69) is 0 Å². The van der Waals surface area contributed by atoms with E-state index in [1.807, 2.05) is 11.8 Å². The van der Waals surface area contributed by atoms with E-state index in [0.29, 0.717) is 23.7 Å². The van der Waals surface area contributed by atoms with E-state index < -0.39 is 18.0 Å². The lowest BCUT2D eigenvalue weighted by molar-refractivity contribution is -0.163. The molecule has 8 nitrogen and oxygen atoms in total. The summed E-state index contributed by atoms with van der Waals surface area (Å²) in [6.45, 7) is 4.35. The summed E-state index contributed by atoms with van der Waals surface area (Å²) in [5.41, 5.74) is 0.576. The summed E-state index contributed by atoms with van der Waals surface area (Å²) < 4.78 is 16.1. The molecule has 1 aromatic rings. The smallest absolute Gasteiger partial charge is 0.312 e. The highest BCUT2D eigenvalue weighted by Crippen LogP contribution is 2.36. The summed E-state index contributed by atoms with van der Waals surface area (Å²) >= 11 is 0. The molecule has 3 rings (SSSR count). The first-order valence-electron chi connectivity index (χ1n) is 11.4. The Morgan fingerprint density at radius 1 is 1.16 bits per heavy atom. The number of carbonyl (C=O) groups is 3. The van der Waals surface area contributed by atoms with Crippen molar-refractivity contribution in [1.82, 2.24) is 4.90 Å². The minimum Gasteiger partial charge on any atom is -0.497 e. The number of hydrogen-bond acceptors (Lipinski definition) is 6. The van der Waals surface area contributed by atoms with E-state index >= 15 is 0 Å². The van der Waals surface area contributed by atoms with Crippen LogP contribution in [0.4, 0.5) is 5.69 Å². The molecule has 1 saturated carbocycles. The maximum Gasteiger partial charge on any atom is 0.312 e. The minimum absolute atomic E-state index is 0.0368. The molecule has 2 atom stereocenters. The number of hydrogen-bond donors (Lipinski definition) is 0. The average molecular weight is 447 g/mol. The lowest BCUT2D eigenvalue weighted by Crippen LogP contribution is -2.47. The molecule has 2 aliphatic rings. The van der Waals surface area contributed by atoms with Crippen LogP contribution >= 0.6 is 0 Å². The topological polar surface area (TPSA) is 85.4 Å². The van der Waals surface area contributed by atoms with Crippen LogP contribution in [-0.4, -0.2) is 62.1 Å². The molecule has 0 bridgehead atoms. The Labute approximate surface area is 189 Å². The van der Waals surface area contributed by atoms with Gasteiger partial charge in [-0.05, 0) is 38.8 Å². The van der Waals surface area contributed by atoms with Crippen molar-refractivity contribution in [2.75, 3.05) is 32.2 Å². The highest BCUT2D eigenvalue weighted by molar-refractivity contribution is 6.01. The monoisotopic (exact) mass is 446 g/mol. The summed E-state index contributed by atoms with van der Waals surface area (Å²) in [5.74, 6) is -0.402. The predicted octanol–water partition coefficient (Wildman–Crippen LogP) is 3.17. The van der Waals surface area contributed by atoms with Crippen molar-refractivity contribution >= 4 is 23.5 Å². The molecule has 1 aliphatic heterocycles. The van der Waals surface area contributed by atoms with Gasteiger partial charge < -0.3 is 24.0 Å². The summed E-state index contributed by atoms with van der Waals surface area (Å²) in [4.78, 5) is 41.8. The molecule has 2 unspecified atom stereocenters. The van der Waals surface area contributed by atoms with Gasteiger partial charge in [-0.15, -0.1) is 0 Å². The molecule has 0 spiro atoms. The van der Waals surface area contributed by atoms with Gasteiger partial charge in [-0.25, -0.2) is 0 Å². The zero-order valence-electron chi connectivity index (χ0n) is 19.5. The minimum atomic E-state index is -0.871. The van der Waals surface area contributed by atoms with Gasteiger partial charge in [-0.2, -0.15) is 0 Å². The first kappa shape index (κ1) is 23.9. The van der Waals surface area contributed by atoms with Crippen LogP contribution in [0, 0.1) is 5.92 Å². The van der Waals surface area contributed by atoms with Gasteiger partial charge in [0.1, 0.15) is 11.5 Å². The maximum absolute atomic E-state index is 13.0. The molecule has 1 heterocycles. The van der Waals surface area contributed by atoms with Crippen molar-refractivity contribution < 1.29 is 28.6 Å². The van der Waals surface area contributed by atoms with Gasteiger partial charge in [0.2, 0.25) is 5.91 Å². The second-order valence-electron chi connectivity index (χ2n) is 8.44. The number of likely N-dealkylation sites (N-methyl/N-ethyl adjacent to an activating group) is 1. The number of anilines is 1. The van der Waals surface area contributed by atoms with Gasteiger partial charge in [0, 0.05) is 31.6 Å². The van der Waals surface area contributed by atoms with Gasteiger partial charge in [-0.3, -0.25) is 14.4 Å². The predicted molar refractivity (Wildman–Crippen MR) is 120 cm³/mol. The fourth-order valence-corrected chi connectivity index (χ4v) is 4.65. The number of benzene rings is 1. The van der Waals surface area contributed by atoms with E-state index in [1.165, 1.54) is 18.4 Å². The zero-order chi connectivity index (χ0) is 23.3. The second-order valence-corrected chi connectivity index (χ2v) is 8.44. The third-order valence-electron chi connectivity index (χ3n) is 6.42. The Morgan fingerprint density at radius 2 is 1.88 bits per heavy atom. The second kappa shape index (κ2) is 10.7. The number of ether oxygens (including phenoxy) is 3. The fraction of sp³-hybridized carbons (Fsp3) is 0.625. The van der Waals surface area contributed by atoms with Crippen LogP contribution in [0.25, 0.3) is 0 Å². The van der Waals surface area contributed by atoms with Gasteiger partial charge >= 0.3 is 5.97 Å². The van der Waals surface area contributed by atoms with Crippen molar-refractivity contribution in [3.8, 4) is 11.5 Å². The number of rotatable bonds is 8. The molecular formula is C24H34N2O6. The number of methoxy groups -OCH3 is 2. The standard InChI is InChI=1S/C24H34N2O6/c1-5-25(18-9-7-6-8-10-18)23(28)16(2)32-24(29)17-13-22(27)26(15-17)20-12-11-19(30-3)14-21(20)31-4/h11-12,14,16-18H,5-10,13,15H2,1-4H3. The average Bonchev–Trinajstić information content (AvgIpc) is 3.21. The van der Waals surface area contributed by atoms with Crippen molar-refractivity contribution in [3.63, 3.8) is 0 Å².